The number of halogens is 1. The van der Waals surface area contributed by atoms with Crippen molar-refractivity contribution >= 4 is 27.5 Å². The molecule has 1 amide bonds. The number of hydrogen-bond acceptors (Lipinski definition) is 2. The van der Waals surface area contributed by atoms with Gasteiger partial charge in [-0.1, -0.05) is 22.0 Å². The molecule has 3 rings (SSSR count). The molecule has 0 saturated heterocycles. The Kier molecular flexibility index (Phi) is 4.12. The first-order chi connectivity index (χ1) is 10.1. The van der Waals surface area contributed by atoms with Crippen molar-refractivity contribution in [2.45, 2.75) is 31.9 Å². The van der Waals surface area contributed by atoms with Gasteiger partial charge >= 0.3 is 0 Å². The maximum Gasteiger partial charge on any atom is 0.244 e. The van der Waals surface area contributed by atoms with Gasteiger partial charge in [-0.05, 0) is 43.0 Å². The van der Waals surface area contributed by atoms with Gasteiger partial charge in [-0.3, -0.25) is 4.79 Å². The van der Waals surface area contributed by atoms with E-state index in [-0.39, 0.29) is 18.6 Å². The zero-order valence-electron chi connectivity index (χ0n) is 11.6. The fraction of sp³-hybridized carbons (Fsp3) is 0.312. The van der Waals surface area contributed by atoms with E-state index in [1.54, 1.807) is 0 Å². The van der Waals surface area contributed by atoms with E-state index < -0.39 is 0 Å². The number of aryl methyl sites for hydroxylation is 1. The molecule has 2 N–H and O–H groups in total. The summed E-state index contributed by atoms with van der Waals surface area (Å²) in [4.78, 5) is 12.1. The first-order valence-electron chi connectivity index (χ1n) is 7.04. The molecule has 1 aromatic carbocycles. The molecule has 0 aliphatic heterocycles. The molecule has 0 saturated carbocycles. The number of carbonyl (C=O) groups is 1. The molecule has 1 atom stereocenters. The summed E-state index contributed by atoms with van der Waals surface area (Å²) in [6.45, 7) is 0.256. The van der Waals surface area contributed by atoms with Crippen LogP contribution in [0.5, 0.6) is 0 Å². The van der Waals surface area contributed by atoms with Crippen LogP contribution >= 0.6 is 15.9 Å². The molecule has 1 aliphatic rings. The van der Waals surface area contributed by atoms with Crippen LogP contribution in [0, 0.1) is 0 Å². The maximum absolute atomic E-state index is 12.1. The van der Waals surface area contributed by atoms with E-state index in [4.69, 9.17) is 0 Å². The highest BCUT2D eigenvalue weighted by Gasteiger charge is 2.20. The lowest BCUT2D eigenvalue weighted by atomic mass is 9.93. The third-order valence-corrected chi connectivity index (χ3v) is 4.21. The van der Waals surface area contributed by atoms with Crippen molar-refractivity contribution < 1.29 is 9.90 Å². The summed E-state index contributed by atoms with van der Waals surface area (Å²) in [5, 5.41) is 12.8. The number of aliphatic hydroxyl groups is 1. The molecule has 0 spiro atoms. The number of fused-ring (bicyclic) bond motifs is 1. The molecule has 21 heavy (non-hydrogen) atoms. The number of rotatable bonds is 3. The molecule has 5 heteroatoms. The van der Waals surface area contributed by atoms with E-state index >= 15 is 0 Å². The van der Waals surface area contributed by atoms with Crippen LogP contribution in [0.3, 0.4) is 0 Å². The zero-order chi connectivity index (χ0) is 14.8. The Labute approximate surface area is 131 Å². The first kappa shape index (κ1) is 14.4. The van der Waals surface area contributed by atoms with Gasteiger partial charge in [0.25, 0.3) is 0 Å². The Balaban J connectivity index is 1.68. The Morgan fingerprint density at radius 3 is 3.05 bits per heavy atom. The molecule has 0 radical (unpaired) electrons. The third kappa shape index (κ3) is 3.36. The van der Waals surface area contributed by atoms with Crippen LogP contribution in [-0.4, -0.2) is 15.6 Å². The van der Waals surface area contributed by atoms with Gasteiger partial charge in [-0.25, -0.2) is 0 Å². The summed E-state index contributed by atoms with van der Waals surface area (Å²) in [6, 6.07) is 7.51. The monoisotopic (exact) mass is 348 g/mol. The average Bonchev–Trinajstić information content (AvgIpc) is 2.82. The molecule has 2 aromatic rings. The quantitative estimate of drug-likeness (QED) is 0.894. The lowest BCUT2D eigenvalue weighted by Gasteiger charge is -2.16. The fourth-order valence-corrected chi connectivity index (χ4v) is 3.15. The van der Waals surface area contributed by atoms with Gasteiger partial charge in [0.2, 0.25) is 5.91 Å². The van der Waals surface area contributed by atoms with Crippen LogP contribution in [-0.2, 0) is 17.8 Å². The van der Waals surface area contributed by atoms with Crippen LogP contribution in [0.15, 0.2) is 41.1 Å². The van der Waals surface area contributed by atoms with Gasteiger partial charge in [0.15, 0.2) is 0 Å². The van der Waals surface area contributed by atoms with Crippen molar-refractivity contribution in [3.8, 4) is 0 Å². The lowest BCUT2D eigenvalue weighted by molar-refractivity contribution is -0.116. The molecule has 1 unspecified atom stereocenters. The largest absolute Gasteiger partial charge is 0.388 e. The normalized spacial score (nSPS) is 17.3. The Bertz CT molecular complexity index is 666. The smallest absolute Gasteiger partial charge is 0.244 e. The number of aliphatic hydroxyl groups excluding tert-OH is 1. The SMILES string of the molecule is O=C(Cn1cc2c(c1)C(O)CCC2)Nc1cccc(Br)c1. The van der Waals surface area contributed by atoms with Gasteiger partial charge in [-0.2, -0.15) is 0 Å². The summed E-state index contributed by atoms with van der Waals surface area (Å²) < 4.78 is 2.78. The van der Waals surface area contributed by atoms with Crippen LogP contribution in [0.25, 0.3) is 0 Å². The Hall–Kier alpha value is -1.59. The van der Waals surface area contributed by atoms with E-state index in [1.807, 2.05) is 41.2 Å². The maximum atomic E-state index is 12.1. The minimum atomic E-state index is -0.386. The molecule has 0 bridgehead atoms. The molecular formula is C16H17BrN2O2. The van der Waals surface area contributed by atoms with Crippen molar-refractivity contribution in [3.63, 3.8) is 0 Å². The van der Waals surface area contributed by atoms with Crippen molar-refractivity contribution in [1.29, 1.82) is 0 Å². The van der Waals surface area contributed by atoms with Crippen molar-refractivity contribution in [2.24, 2.45) is 0 Å². The zero-order valence-corrected chi connectivity index (χ0v) is 13.1. The molecular weight excluding hydrogens is 332 g/mol. The second-order valence-electron chi connectivity index (χ2n) is 5.38. The molecule has 4 nitrogen and oxygen atoms in total. The fourth-order valence-electron chi connectivity index (χ4n) is 2.75. The van der Waals surface area contributed by atoms with Gasteiger partial charge in [0, 0.05) is 28.1 Å². The van der Waals surface area contributed by atoms with E-state index in [9.17, 15) is 9.90 Å². The van der Waals surface area contributed by atoms with Crippen molar-refractivity contribution in [2.75, 3.05) is 5.32 Å². The van der Waals surface area contributed by atoms with E-state index in [2.05, 4.69) is 21.2 Å². The summed E-state index contributed by atoms with van der Waals surface area (Å²) >= 11 is 3.38. The standard InChI is InChI=1S/C16H17BrN2O2/c17-12-4-2-5-13(7-12)18-16(21)10-19-8-11-3-1-6-15(20)14(11)9-19/h2,4-5,7-9,15,20H,1,3,6,10H2,(H,18,21). The minimum absolute atomic E-state index is 0.0741. The number of hydrogen-bond donors (Lipinski definition) is 2. The highest BCUT2D eigenvalue weighted by atomic mass is 79.9. The predicted molar refractivity (Wildman–Crippen MR) is 85.1 cm³/mol. The molecule has 1 heterocycles. The number of nitrogens with zero attached hydrogens (tertiary/aromatic N) is 1. The molecule has 0 fully saturated rings. The summed E-state index contributed by atoms with van der Waals surface area (Å²) in [5.41, 5.74) is 2.90. The molecule has 1 aliphatic carbocycles. The lowest BCUT2D eigenvalue weighted by Crippen LogP contribution is -2.17. The van der Waals surface area contributed by atoms with E-state index in [0.717, 1.165) is 40.5 Å². The second-order valence-corrected chi connectivity index (χ2v) is 6.29. The van der Waals surface area contributed by atoms with Gasteiger partial charge < -0.3 is 15.0 Å². The van der Waals surface area contributed by atoms with Crippen LogP contribution in [0.2, 0.25) is 0 Å². The number of nitrogens with one attached hydrogen (secondary N) is 1. The Morgan fingerprint density at radius 1 is 1.43 bits per heavy atom. The van der Waals surface area contributed by atoms with Crippen LogP contribution < -0.4 is 5.32 Å². The average molecular weight is 349 g/mol. The topological polar surface area (TPSA) is 54.3 Å². The van der Waals surface area contributed by atoms with Crippen molar-refractivity contribution in [3.05, 3.63) is 52.3 Å². The van der Waals surface area contributed by atoms with Crippen LogP contribution in [0.1, 0.15) is 30.1 Å². The predicted octanol–water partition coefficient (Wildman–Crippen LogP) is 3.26. The Morgan fingerprint density at radius 2 is 2.29 bits per heavy atom. The number of carbonyl (C=O) groups excluding carboxylic acids is 1. The number of amides is 1. The number of anilines is 1. The second kappa shape index (κ2) is 6.03. The van der Waals surface area contributed by atoms with E-state index in [0.29, 0.717) is 0 Å². The van der Waals surface area contributed by atoms with Gasteiger partial charge in [-0.15, -0.1) is 0 Å². The van der Waals surface area contributed by atoms with Gasteiger partial charge in [0.05, 0.1) is 6.10 Å². The first-order valence-corrected chi connectivity index (χ1v) is 7.83. The van der Waals surface area contributed by atoms with E-state index in [1.165, 1.54) is 0 Å². The summed E-state index contributed by atoms with van der Waals surface area (Å²) in [6.07, 6.45) is 6.26. The highest BCUT2D eigenvalue weighted by molar-refractivity contribution is 9.10. The summed E-state index contributed by atoms with van der Waals surface area (Å²) in [5.74, 6) is -0.0741. The van der Waals surface area contributed by atoms with Crippen LogP contribution in [0.4, 0.5) is 5.69 Å². The number of aromatic nitrogens is 1. The molecule has 1 aromatic heterocycles. The molecule has 110 valence electrons. The third-order valence-electron chi connectivity index (χ3n) is 3.71. The van der Waals surface area contributed by atoms with Crippen molar-refractivity contribution in [1.82, 2.24) is 4.57 Å². The highest BCUT2D eigenvalue weighted by Crippen LogP contribution is 2.30. The minimum Gasteiger partial charge on any atom is -0.388 e. The van der Waals surface area contributed by atoms with Gasteiger partial charge in [0.1, 0.15) is 6.54 Å². The summed E-state index contributed by atoms with van der Waals surface area (Å²) in [7, 11) is 0. The number of benzene rings is 1.